The zero-order valence-electron chi connectivity index (χ0n) is 11.2. The van der Waals surface area contributed by atoms with Crippen molar-refractivity contribution in [1.29, 1.82) is 0 Å². The molecule has 1 fully saturated rings. The SMILES string of the molecule is COc1cc(C(F)(F)F)cc(Cl)c1CC1CCCCN1. The van der Waals surface area contributed by atoms with E-state index < -0.39 is 11.7 Å². The molecule has 1 atom stereocenters. The molecule has 0 aliphatic carbocycles. The number of nitrogens with one attached hydrogen (secondary N) is 1. The predicted molar refractivity (Wildman–Crippen MR) is 72.4 cm³/mol. The standard InChI is InChI=1S/C14H17ClF3NO/c1-20-13-7-9(14(16,17)18)6-12(15)11(13)8-10-4-2-3-5-19-10/h6-7,10,19H,2-5,8H2,1H3. The van der Waals surface area contributed by atoms with Crippen LogP contribution in [0.1, 0.15) is 30.4 Å². The normalized spacial score (nSPS) is 19.9. The van der Waals surface area contributed by atoms with Gasteiger partial charge in [0.15, 0.2) is 0 Å². The van der Waals surface area contributed by atoms with Gasteiger partial charge in [-0.15, -0.1) is 0 Å². The lowest BCUT2D eigenvalue weighted by Gasteiger charge is -2.25. The average molecular weight is 308 g/mol. The van der Waals surface area contributed by atoms with Crippen molar-refractivity contribution in [3.63, 3.8) is 0 Å². The molecular weight excluding hydrogens is 291 g/mol. The first-order valence-electron chi connectivity index (χ1n) is 6.59. The van der Waals surface area contributed by atoms with E-state index in [1.807, 2.05) is 0 Å². The minimum Gasteiger partial charge on any atom is -0.496 e. The molecule has 1 unspecified atom stereocenters. The smallest absolute Gasteiger partial charge is 0.416 e. The summed E-state index contributed by atoms with van der Waals surface area (Å²) >= 11 is 6.03. The second kappa shape index (κ2) is 6.22. The summed E-state index contributed by atoms with van der Waals surface area (Å²) in [7, 11) is 1.36. The van der Waals surface area contributed by atoms with Crippen LogP contribution in [-0.2, 0) is 12.6 Å². The molecular formula is C14H17ClF3NO. The monoisotopic (exact) mass is 307 g/mol. The molecule has 1 N–H and O–H groups in total. The number of piperidine rings is 1. The minimum absolute atomic E-state index is 0.115. The van der Waals surface area contributed by atoms with Crippen molar-refractivity contribution in [2.75, 3.05) is 13.7 Å². The number of ether oxygens (including phenoxy) is 1. The number of hydrogen-bond donors (Lipinski definition) is 1. The highest BCUT2D eigenvalue weighted by Gasteiger charge is 2.32. The fourth-order valence-electron chi connectivity index (χ4n) is 2.50. The van der Waals surface area contributed by atoms with Crippen molar-refractivity contribution in [3.05, 3.63) is 28.3 Å². The Morgan fingerprint density at radius 3 is 2.65 bits per heavy atom. The van der Waals surface area contributed by atoms with Gasteiger partial charge in [0, 0.05) is 16.6 Å². The average Bonchev–Trinajstić information content (AvgIpc) is 2.40. The molecule has 1 aromatic rings. The van der Waals surface area contributed by atoms with Crippen molar-refractivity contribution in [1.82, 2.24) is 5.32 Å². The third-order valence-electron chi connectivity index (χ3n) is 3.56. The van der Waals surface area contributed by atoms with E-state index in [-0.39, 0.29) is 16.8 Å². The summed E-state index contributed by atoms with van der Waals surface area (Å²) in [5.74, 6) is 0.206. The molecule has 0 bridgehead atoms. The van der Waals surface area contributed by atoms with E-state index in [1.54, 1.807) is 0 Å². The van der Waals surface area contributed by atoms with Gasteiger partial charge in [-0.2, -0.15) is 13.2 Å². The minimum atomic E-state index is -4.42. The molecule has 0 spiro atoms. The maximum absolute atomic E-state index is 12.7. The van der Waals surface area contributed by atoms with Gasteiger partial charge in [0.05, 0.1) is 12.7 Å². The lowest BCUT2D eigenvalue weighted by atomic mass is 9.96. The van der Waals surface area contributed by atoms with Crippen molar-refractivity contribution >= 4 is 11.6 Å². The number of methoxy groups -OCH3 is 1. The maximum Gasteiger partial charge on any atom is 0.416 e. The highest BCUT2D eigenvalue weighted by atomic mass is 35.5. The number of benzene rings is 1. The highest BCUT2D eigenvalue weighted by molar-refractivity contribution is 6.31. The summed E-state index contributed by atoms with van der Waals surface area (Å²) < 4.78 is 43.3. The van der Waals surface area contributed by atoms with Gasteiger partial charge < -0.3 is 10.1 Å². The van der Waals surface area contributed by atoms with E-state index in [1.165, 1.54) is 7.11 Å². The summed E-state index contributed by atoms with van der Waals surface area (Å²) in [6, 6.07) is 2.23. The van der Waals surface area contributed by atoms with Gasteiger partial charge in [-0.25, -0.2) is 0 Å². The van der Waals surface area contributed by atoms with Gasteiger partial charge in [-0.3, -0.25) is 0 Å². The topological polar surface area (TPSA) is 21.3 Å². The Morgan fingerprint density at radius 2 is 2.10 bits per heavy atom. The third-order valence-corrected chi connectivity index (χ3v) is 3.90. The predicted octanol–water partition coefficient (Wildman–Crippen LogP) is 4.05. The van der Waals surface area contributed by atoms with E-state index in [9.17, 15) is 13.2 Å². The van der Waals surface area contributed by atoms with Gasteiger partial charge in [-0.05, 0) is 37.9 Å². The van der Waals surface area contributed by atoms with Crippen molar-refractivity contribution in [2.24, 2.45) is 0 Å². The molecule has 1 heterocycles. The molecule has 1 aromatic carbocycles. The Hall–Kier alpha value is -0.940. The molecule has 0 amide bonds. The van der Waals surface area contributed by atoms with Gasteiger partial charge in [0.1, 0.15) is 5.75 Å². The van der Waals surface area contributed by atoms with Crippen LogP contribution in [0.25, 0.3) is 0 Å². The van der Waals surface area contributed by atoms with Crippen molar-refractivity contribution in [2.45, 2.75) is 37.9 Å². The molecule has 2 nitrogen and oxygen atoms in total. The van der Waals surface area contributed by atoms with Crippen LogP contribution in [0, 0.1) is 0 Å². The lowest BCUT2D eigenvalue weighted by Crippen LogP contribution is -2.35. The maximum atomic E-state index is 12.7. The zero-order chi connectivity index (χ0) is 14.8. The molecule has 1 aliphatic rings. The molecule has 0 aromatic heterocycles. The van der Waals surface area contributed by atoms with E-state index in [0.29, 0.717) is 12.0 Å². The molecule has 20 heavy (non-hydrogen) atoms. The fourth-order valence-corrected chi connectivity index (χ4v) is 2.79. The van der Waals surface area contributed by atoms with E-state index in [4.69, 9.17) is 16.3 Å². The van der Waals surface area contributed by atoms with Crippen LogP contribution in [0.5, 0.6) is 5.75 Å². The van der Waals surface area contributed by atoms with Gasteiger partial charge in [-0.1, -0.05) is 18.0 Å². The number of rotatable bonds is 3. The van der Waals surface area contributed by atoms with Crippen LogP contribution in [0.3, 0.4) is 0 Å². The number of halogens is 4. The molecule has 0 saturated carbocycles. The van der Waals surface area contributed by atoms with E-state index in [2.05, 4.69) is 5.32 Å². The van der Waals surface area contributed by atoms with E-state index in [0.717, 1.165) is 37.9 Å². The zero-order valence-corrected chi connectivity index (χ0v) is 11.9. The Morgan fingerprint density at radius 1 is 1.35 bits per heavy atom. The van der Waals surface area contributed by atoms with Gasteiger partial charge in [0.2, 0.25) is 0 Å². The lowest BCUT2D eigenvalue weighted by molar-refractivity contribution is -0.137. The van der Waals surface area contributed by atoms with Crippen LogP contribution in [0.15, 0.2) is 12.1 Å². The first-order valence-corrected chi connectivity index (χ1v) is 6.96. The van der Waals surface area contributed by atoms with Gasteiger partial charge in [0.25, 0.3) is 0 Å². The first-order chi connectivity index (χ1) is 9.41. The van der Waals surface area contributed by atoms with Gasteiger partial charge >= 0.3 is 6.18 Å². The summed E-state index contributed by atoms with van der Waals surface area (Å²) in [6.45, 7) is 0.936. The second-order valence-corrected chi connectivity index (χ2v) is 5.39. The van der Waals surface area contributed by atoms with Crippen LogP contribution < -0.4 is 10.1 Å². The molecule has 1 saturated heterocycles. The summed E-state index contributed by atoms with van der Waals surface area (Å²) in [4.78, 5) is 0. The molecule has 6 heteroatoms. The van der Waals surface area contributed by atoms with Crippen LogP contribution in [-0.4, -0.2) is 19.7 Å². The Balaban J connectivity index is 2.27. The largest absolute Gasteiger partial charge is 0.496 e. The molecule has 0 radical (unpaired) electrons. The molecule has 1 aliphatic heterocycles. The first kappa shape index (κ1) is 15.4. The Bertz CT molecular complexity index is 470. The fraction of sp³-hybridized carbons (Fsp3) is 0.571. The highest BCUT2D eigenvalue weighted by Crippen LogP contribution is 2.37. The third kappa shape index (κ3) is 3.58. The van der Waals surface area contributed by atoms with Crippen LogP contribution in [0.2, 0.25) is 5.02 Å². The van der Waals surface area contributed by atoms with Crippen LogP contribution >= 0.6 is 11.6 Å². The molecule has 2 rings (SSSR count). The van der Waals surface area contributed by atoms with Crippen LogP contribution in [0.4, 0.5) is 13.2 Å². The van der Waals surface area contributed by atoms with Crippen molar-refractivity contribution in [3.8, 4) is 5.75 Å². The Kier molecular flexibility index (Phi) is 4.81. The quantitative estimate of drug-likeness (QED) is 0.909. The number of alkyl halides is 3. The second-order valence-electron chi connectivity index (χ2n) is 4.99. The van der Waals surface area contributed by atoms with E-state index >= 15 is 0 Å². The Labute approximate surface area is 121 Å². The summed E-state index contributed by atoms with van der Waals surface area (Å²) in [5, 5.41) is 3.47. The summed E-state index contributed by atoms with van der Waals surface area (Å²) in [6.07, 6.45) is -0.578. The number of hydrogen-bond acceptors (Lipinski definition) is 2. The summed E-state index contributed by atoms with van der Waals surface area (Å²) in [5.41, 5.74) is -0.138. The molecule has 112 valence electrons. The van der Waals surface area contributed by atoms with Crippen molar-refractivity contribution < 1.29 is 17.9 Å².